The zero-order valence-corrected chi connectivity index (χ0v) is 10.2. The number of nitrogens with zero attached hydrogens (tertiary/aromatic N) is 3. The molecule has 5 N–H and O–H groups in total. The molecule has 0 aliphatic rings. The van der Waals surface area contributed by atoms with Gasteiger partial charge in [0.05, 0.1) is 6.33 Å². The molecule has 8 heteroatoms. The van der Waals surface area contributed by atoms with Crippen LogP contribution in [-0.4, -0.2) is 38.9 Å². The van der Waals surface area contributed by atoms with Gasteiger partial charge in [0, 0.05) is 19.5 Å². The summed E-state index contributed by atoms with van der Waals surface area (Å²) < 4.78 is 0. The van der Waals surface area contributed by atoms with Crippen molar-refractivity contribution in [1.29, 1.82) is 0 Å². The fourth-order valence-corrected chi connectivity index (χ4v) is 1.64. The first-order valence-electron chi connectivity index (χ1n) is 5.54. The first-order valence-corrected chi connectivity index (χ1v) is 5.54. The molecule has 0 saturated heterocycles. The number of H-pyrrole nitrogens is 1. The molecule has 0 aliphatic carbocycles. The Labute approximate surface area is 103 Å². The quantitative estimate of drug-likeness (QED) is 0.595. The molecule has 18 heavy (non-hydrogen) atoms. The van der Waals surface area contributed by atoms with E-state index in [-0.39, 0.29) is 18.4 Å². The van der Waals surface area contributed by atoms with Crippen molar-refractivity contribution in [3.8, 4) is 0 Å². The summed E-state index contributed by atoms with van der Waals surface area (Å²) in [6.45, 7) is 1.86. The van der Waals surface area contributed by atoms with Crippen LogP contribution in [0.3, 0.4) is 0 Å². The molecule has 1 unspecified atom stereocenters. The maximum absolute atomic E-state index is 10.9. The van der Waals surface area contributed by atoms with Crippen LogP contribution in [0.4, 0.5) is 11.8 Å². The molecule has 2 aromatic rings. The molecule has 2 heterocycles. The van der Waals surface area contributed by atoms with Gasteiger partial charge in [-0.1, -0.05) is 0 Å². The molecule has 1 atom stereocenters. The highest BCUT2D eigenvalue weighted by Gasteiger charge is 2.12. The Balaban J connectivity index is 2.30. The number of carbonyl (C=O) groups is 1. The normalized spacial score (nSPS) is 12.3. The van der Waals surface area contributed by atoms with E-state index in [0.29, 0.717) is 22.9 Å². The van der Waals surface area contributed by atoms with Crippen molar-refractivity contribution >= 4 is 28.8 Å². The minimum absolute atomic E-state index is 0.117. The van der Waals surface area contributed by atoms with Crippen molar-refractivity contribution in [3.63, 3.8) is 0 Å². The number of carbonyl (C=O) groups excluding carboxylic acids is 1. The minimum atomic E-state index is -0.362. The second kappa shape index (κ2) is 4.86. The van der Waals surface area contributed by atoms with Gasteiger partial charge in [-0.15, -0.1) is 0 Å². The lowest BCUT2D eigenvalue weighted by atomic mass is 10.2. The summed E-state index contributed by atoms with van der Waals surface area (Å²) in [5.41, 5.74) is 6.41. The molecule has 2 aromatic heterocycles. The molecule has 0 aromatic carbocycles. The summed E-state index contributed by atoms with van der Waals surface area (Å²) in [6.07, 6.45) is 1.78. The van der Waals surface area contributed by atoms with E-state index in [1.165, 1.54) is 0 Å². The number of hydrogen-bond acceptors (Lipinski definition) is 6. The van der Waals surface area contributed by atoms with Crippen LogP contribution in [0.2, 0.25) is 0 Å². The van der Waals surface area contributed by atoms with Crippen molar-refractivity contribution in [3.05, 3.63) is 6.33 Å². The zero-order chi connectivity index (χ0) is 13.1. The number of nitrogens with one attached hydrogen (secondary N) is 3. The van der Waals surface area contributed by atoms with Gasteiger partial charge in [-0.05, 0) is 6.92 Å². The predicted molar refractivity (Wildman–Crippen MR) is 68.1 cm³/mol. The molecule has 96 valence electrons. The predicted octanol–water partition coefficient (Wildman–Crippen LogP) is 0.0704. The third kappa shape index (κ3) is 2.47. The summed E-state index contributed by atoms with van der Waals surface area (Å²) in [6, 6.07) is -0.117. The van der Waals surface area contributed by atoms with Gasteiger partial charge in [0.1, 0.15) is 5.52 Å². The van der Waals surface area contributed by atoms with E-state index in [0.717, 1.165) is 0 Å². The lowest BCUT2D eigenvalue weighted by Crippen LogP contribution is -2.24. The monoisotopic (exact) mass is 249 g/mol. The van der Waals surface area contributed by atoms with Gasteiger partial charge in [-0.3, -0.25) is 4.79 Å². The van der Waals surface area contributed by atoms with Crippen LogP contribution in [0, 0.1) is 0 Å². The van der Waals surface area contributed by atoms with Crippen LogP contribution in [0.15, 0.2) is 6.33 Å². The first kappa shape index (κ1) is 12.1. The third-order valence-corrected chi connectivity index (χ3v) is 2.40. The van der Waals surface area contributed by atoms with Gasteiger partial charge in [-0.2, -0.15) is 9.97 Å². The number of aromatic nitrogens is 4. The third-order valence-electron chi connectivity index (χ3n) is 2.40. The Bertz CT molecular complexity index is 564. The number of amides is 1. The summed E-state index contributed by atoms with van der Waals surface area (Å²) in [7, 11) is 1.73. The van der Waals surface area contributed by atoms with Crippen molar-refractivity contribution in [2.45, 2.75) is 19.4 Å². The smallest absolute Gasteiger partial charge is 0.226 e. The number of anilines is 2. The van der Waals surface area contributed by atoms with Crippen LogP contribution < -0.4 is 16.4 Å². The highest BCUT2D eigenvalue weighted by Crippen LogP contribution is 2.19. The fraction of sp³-hybridized carbons (Fsp3) is 0.400. The molecule has 0 bridgehead atoms. The average molecular weight is 249 g/mol. The van der Waals surface area contributed by atoms with Gasteiger partial charge >= 0.3 is 0 Å². The Hall–Kier alpha value is -2.38. The van der Waals surface area contributed by atoms with E-state index in [1.54, 1.807) is 13.4 Å². The number of primary amides is 1. The summed E-state index contributed by atoms with van der Waals surface area (Å²) in [5.74, 6) is 0.692. The number of imidazole rings is 1. The summed E-state index contributed by atoms with van der Waals surface area (Å²) >= 11 is 0. The van der Waals surface area contributed by atoms with E-state index < -0.39 is 0 Å². The molecule has 2 rings (SSSR count). The molecule has 1 amide bonds. The molecule has 0 aliphatic heterocycles. The maximum atomic E-state index is 10.9. The Morgan fingerprint density at radius 3 is 3.00 bits per heavy atom. The largest absolute Gasteiger partial charge is 0.370 e. The van der Waals surface area contributed by atoms with Gasteiger partial charge < -0.3 is 21.4 Å². The first-order chi connectivity index (χ1) is 8.60. The molecular formula is C10H15N7O. The second-order valence-electron chi connectivity index (χ2n) is 3.96. The lowest BCUT2D eigenvalue weighted by molar-refractivity contribution is -0.118. The standard InChI is InChI=1S/C10H15N7O/c1-5(3-6(11)18)15-9-7-8(14-4-13-7)16-10(12-2)17-9/h4-5H,3H2,1-2H3,(H2,11,18)(H3,12,13,14,15,16,17). The topological polar surface area (TPSA) is 122 Å². The van der Waals surface area contributed by atoms with E-state index >= 15 is 0 Å². The van der Waals surface area contributed by atoms with Crippen molar-refractivity contribution in [2.75, 3.05) is 17.7 Å². The number of hydrogen-bond donors (Lipinski definition) is 4. The SMILES string of the molecule is CNc1nc(NC(C)CC(N)=O)c2[nH]cnc2n1. The van der Waals surface area contributed by atoms with E-state index in [1.807, 2.05) is 6.92 Å². The second-order valence-corrected chi connectivity index (χ2v) is 3.96. The maximum Gasteiger partial charge on any atom is 0.226 e. The van der Waals surface area contributed by atoms with Gasteiger partial charge in [0.15, 0.2) is 11.5 Å². The summed E-state index contributed by atoms with van der Waals surface area (Å²) in [5, 5.41) is 5.97. The van der Waals surface area contributed by atoms with Crippen molar-refractivity contribution < 1.29 is 4.79 Å². The number of nitrogens with two attached hydrogens (primary N) is 1. The van der Waals surface area contributed by atoms with Crippen LogP contribution in [-0.2, 0) is 4.79 Å². The molecule has 8 nitrogen and oxygen atoms in total. The minimum Gasteiger partial charge on any atom is -0.370 e. The number of aromatic amines is 1. The molecule has 0 saturated carbocycles. The van der Waals surface area contributed by atoms with Crippen LogP contribution in [0.5, 0.6) is 0 Å². The average Bonchev–Trinajstić information content (AvgIpc) is 2.75. The molecule has 0 fully saturated rings. The molecule has 0 spiro atoms. The Morgan fingerprint density at radius 2 is 2.33 bits per heavy atom. The van der Waals surface area contributed by atoms with Crippen LogP contribution in [0.1, 0.15) is 13.3 Å². The molecular weight excluding hydrogens is 234 g/mol. The van der Waals surface area contributed by atoms with E-state index in [4.69, 9.17) is 5.73 Å². The lowest BCUT2D eigenvalue weighted by Gasteiger charge is -2.13. The van der Waals surface area contributed by atoms with Crippen molar-refractivity contribution in [1.82, 2.24) is 19.9 Å². The highest BCUT2D eigenvalue weighted by atomic mass is 16.1. The van der Waals surface area contributed by atoms with Gasteiger partial charge in [0.25, 0.3) is 0 Å². The molecule has 0 radical (unpaired) electrons. The number of rotatable bonds is 5. The Kier molecular flexibility index (Phi) is 3.26. The zero-order valence-electron chi connectivity index (χ0n) is 10.2. The van der Waals surface area contributed by atoms with E-state index in [2.05, 4.69) is 30.6 Å². The Morgan fingerprint density at radius 1 is 1.56 bits per heavy atom. The van der Waals surface area contributed by atoms with Gasteiger partial charge in [0.2, 0.25) is 11.9 Å². The number of fused-ring (bicyclic) bond motifs is 1. The van der Waals surface area contributed by atoms with Crippen LogP contribution >= 0.6 is 0 Å². The van der Waals surface area contributed by atoms with Crippen LogP contribution in [0.25, 0.3) is 11.2 Å². The highest BCUT2D eigenvalue weighted by molar-refractivity contribution is 5.84. The van der Waals surface area contributed by atoms with Gasteiger partial charge in [-0.25, -0.2) is 4.98 Å². The van der Waals surface area contributed by atoms with E-state index in [9.17, 15) is 4.79 Å². The fourth-order valence-electron chi connectivity index (χ4n) is 1.64. The summed E-state index contributed by atoms with van der Waals surface area (Å²) in [4.78, 5) is 26.4. The van der Waals surface area contributed by atoms with Crippen molar-refractivity contribution in [2.24, 2.45) is 5.73 Å².